The van der Waals surface area contributed by atoms with Crippen LogP contribution in [-0.4, -0.2) is 29.9 Å². The molecule has 90 valence electrons. The smallest absolute Gasteiger partial charge is 0.357 e. The second-order valence-electron chi connectivity index (χ2n) is 4.07. The predicted octanol–water partition coefficient (Wildman–Crippen LogP) is 1.81. The lowest BCUT2D eigenvalue weighted by Gasteiger charge is -2.18. The van der Waals surface area contributed by atoms with Crippen LogP contribution in [0, 0.1) is 0 Å². The molecule has 1 saturated heterocycles. The second kappa shape index (κ2) is 5.59. The summed E-state index contributed by atoms with van der Waals surface area (Å²) in [5, 5.41) is 1.58. The Bertz CT molecular complexity index is 402. The highest BCUT2D eigenvalue weighted by molar-refractivity contribution is 5.89. The fourth-order valence-corrected chi connectivity index (χ4v) is 1.77. The molecule has 0 aromatic heterocycles. The zero-order valence-corrected chi connectivity index (χ0v) is 9.59. The van der Waals surface area contributed by atoms with Gasteiger partial charge in [-0.25, -0.2) is 4.79 Å². The lowest BCUT2D eigenvalue weighted by molar-refractivity contribution is -0.122. The fraction of sp³-hybridized carbons (Fsp3) is 0.385. The Labute approximate surface area is 100 Å². The van der Waals surface area contributed by atoms with Crippen LogP contribution >= 0.6 is 0 Å². The number of carbonyl (C=O) groups is 2. The molecule has 1 aliphatic rings. The first-order valence-corrected chi connectivity index (χ1v) is 5.80. The predicted molar refractivity (Wildman–Crippen MR) is 62.3 cm³/mol. The van der Waals surface area contributed by atoms with E-state index in [0.717, 1.165) is 6.42 Å². The number of hydrogen-bond acceptors (Lipinski definition) is 4. The van der Waals surface area contributed by atoms with Gasteiger partial charge in [-0.2, -0.15) is 0 Å². The molecule has 4 heteroatoms. The van der Waals surface area contributed by atoms with Crippen molar-refractivity contribution in [3.63, 3.8) is 0 Å². The molecule has 0 saturated carbocycles. The van der Waals surface area contributed by atoms with Crippen molar-refractivity contribution in [2.75, 3.05) is 13.1 Å². The Hall–Kier alpha value is -1.68. The average Bonchev–Trinajstić information content (AvgIpc) is 2.56. The molecule has 0 atom stereocenters. The highest BCUT2D eigenvalue weighted by Gasteiger charge is 2.18. The minimum atomic E-state index is -0.361. The van der Waals surface area contributed by atoms with Crippen LogP contribution in [-0.2, 0) is 9.63 Å². The molecule has 17 heavy (non-hydrogen) atoms. The molecular weight excluding hydrogens is 218 g/mol. The third kappa shape index (κ3) is 3.39. The summed E-state index contributed by atoms with van der Waals surface area (Å²) in [5.74, 6) is -0.122. The van der Waals surface area contributed by atoms with E-state index in [1.807, 2.05) is 6.07 Å². The lowest BCUT2D eigenvalue weighted by Crippen LogP contribution is -2.28. The summed E-state index contributed by atoms with van der Waals surface area (Å²) in [6, 6.07) is 8.86. The van der Waals surface area contributed by atoms with Crippen molar-refractivity contribution >= 4 is 11.8 Å². The van der Waals surface area contributed by atoms with Crippen molar-refractivity contribution in [1.82, 2.24) is 5.06 Å². The molecule has 0 bridgehead atoms. The Kier molecular flexibility index (Phi) is 3.88. The van der Waals surface area contributed by atoms with Gasteiger partial charge in [0.25, 0.3) is 0 Å². The van der Waals surface area contributed by atoms with Gasteiger partial charge in [0.15, 0.2) is 0 Å². The van der Waals surface area contributed by atoms with Crippen LogP contribution in [0.1, 0.15) is 29.6 Å². The third-order valence-corrected chi connectivity index (χ3v) is 2.72. The molecule has 0 spiro atoms. The van der Waals surface area contributed by atoms with Gasteiger partial charge in [0.05, 0.1) is 5.56 Å². The minimum absolute atomic E-state index is 0.239. The topological polar surface area (TPSA) is 46.6 Å². The number of benzene rings is 1. The first-order valence-electron chi connectivity index (χ1n) is 5.80. The molecule has 0 amide bonds. The standard InChI is InChI=1S/C13H15NO3/c15-12-7-4-9-14(10-8-12)17-13(16)11-5-2-1-3-6-11/h1-3,5-6H,4,7-10H2. The normalized spacial score (nSPS) is 17.5. The van der Waals surface area contributed by atoms with Gasteiger partial charge in [0.2, 0.25) is 0 Å². The van der Waals surface area contributed by atoms with Crippen molar-refractivity contribution in [1.29, 1.82) is 0 Å². The molecule has 1 aromatic rings. The van der Waals surface area contributed by atoms with Gasteiger partial charge in [-0.15, -0.1) is 5.06 Å². The quantitative estimate of drug-likeness (QED) is 0.781. The maximum Gasteiger partial charge on any atom is 0.357 e. The first kappa shape index (κ1) is 11.8. The molecule has 0 N–H and O–H groups in total. The van der Waals surface area contributed by atoms with Gasteiger partial charge in [-0.3, -0.25) is 4.79 Å². The third-order valence-electron chi connectivity index (χ3n) is 2.72. The molecule has 0 unspecified atom stereocenters. The van der Waals surface area contributed by atoms with E-state index in [9.17, 15) is 9.59 Å². The SMILES string of the molecule is O=C1CCCN(OC(=O)c2ccccc2)CC1. The summed E-state index contributed by atoms with van der Waals surface area (Å²) < 4.78 is 0. The van der Waals surface area contributed by atoms with Crippen molar-refractivity contribution < 1.29 is 14.4 Å². The Morgan fingerprint density at radius 2 is 1.88 bits per heavy atom. The number of rotatable bonds is 2. The summed E-state index contributed by atoms with van der Waals surface area (Å²) in [6.45, 7) is 1.13. The summed E-state index contributed by atoms with van der Waals surface area (Å²) in [5.41, 5.74) is 0.531. The highest BCUT2D eigenvalue weighted by Crippen LogP contribution is 2.09. The Morgan fingerprint density at radius 3 is 2.65 bits per heavy atom. The zero-order chi connectivity index (χ0) is 12.1. The fourth-order valence-electron chi connectivity index (χ4n) is 1.77. The summed E-state index contributed by atoms with van der Waals surface area (Å²) in [4.78, 5) is 28.2. The summed E-state index contributed by atoms with van der Waals surface area (Å²) >= 11 is 0. The van der Waals surface area contributed by atoms with E-state index in [1.54, 1.807) is 29.3 Å². The molecule has 1 fully saturated rings. The van der Waals surface area contributed by atoms with Crippen molar-refractivity contribution in [3.05, 3.63) is 35.9 Å². The van der Waals surface area contributed by atoms with E-state index in [1.165, 1.54) is 0 Å². The van der Waals surface area contributed by atoms with E-state index in [2.05, 4.69) is 0 Å². The van der Waals surface area contributed by atoms with E-state index >= 15 is 0 Å². The number of hydrogen-bond donors (Lipinski definition) is 0. The molecular formula is C13H15NO3. The number of Topliss-reactive ketones (excluding diaryl/α,β-unsaturated/α-hetero) is 1. The number of ketones is 1. The average molecular weight is 233 g/mol. The maximum atomic E-state index is 11.8. The number of hydroxylamine groups is 2. The van der Waals surface area contributed by atoms with Crippen molar-refractivity contribution in [3.8, 4) is 0 Å². The maximum absolute atomic E-state index is 11.8. The van der Waals surface area contributed by atoms with Gasteiger partial charge in [-0.1, -0.05) is 18.2 Å². The molecule has 2 rings (SSSR count). The lowest BCUT2D eigenvalue weighted by atomic mass is 10.2. The van der Waals surface area contributed by atoms with Crippen LogP contribution in [0.3, 0.4) is 0 Å². The van der Waals surface area contributed by atoms with Crippen LogP contribution in [0.5, 0.6) is 0 Å². The Balaban J connectivity index is 1.92. The molecule has 0 radical (unpaired) electrons. The van der Waals surface area contributed by atoms with Gasteiger partial charge < -0.3 is 4.84 Å². The van der Waals surface area contributed by atoms with E-state index in [4.69, 9.17) is 4.84 Å². The largest absolute Gasteiger partial charge is 0.364 e. The van der Waals surface area contributed by atoms with Crippen molar-refractivity contribution in [2.45, 2.75) is 19.3 Å². The van der Waals surface area contributed by atoms with Crippen molar-refractivity contribution in [2.24, 2.45) is 0 Å². The highest BCUT2D eigenvalue weighted by atomic mass is 16.7. The molecule has 4 nitrogen and oxygen atoms in total. The Morgan fingerprint density at radius 1 is 1.12 bits per heavy atom. The number of carbonyl (C=O) groups excluding carboxylic acids is 2. The summed E-state index contributed by atoms with van der Waals surface area (Å²) in [6.07, 6.45) is 1.79. The van der Waals surface area contributed by atoms with Crippen LogP contribution < -0.4 is 0 Å². The van der Waals surface area contributed by atoms with Gasteiger partial charge in [0, 0.05) is 25.9 Å². The zero-order valence-electron chi connectivity index (χ0n) is 9.59. The van der Waals surface area contributed by atoms with E-state index < -0.39 is 0 Å². The van der Waals surface area contributed by atoms with Gasteiger partial charge >= 0.3 is 5.97 Å². The number of nitrogens with zero attached hydrogens (tertiary/aromatic N) is 1. The van der Waals surface area contributed by atoms with Gasteiger partial charge in [-0.05, 0) is 18.6 Å². The van der Waals surface area contributed by atoms with Crippen LogP contribution in [0.15, 0.2) is 30.3 Å². The van der Waals surface area contributed by atoms with Crippen LogP contribution in [0.2, 0.25) is 0 Å². The van der Waals surface area contributed by atoms with Crippen LogP contribution in [0.25, 0.3) is 0 Å². The monoisotopic (exact) mass is 233 g/mol. The van der Waals surface area contributed by atoms with E-state index in [-0.39, 0.29) is 11.8 Å². The molecule has 1 aliphatic heterocycles. The molecule has 1 heterocycles. The molecule has 1 aromatic carbocycles. The van der Waals surface area contributed by atoms with E-state index in [0.29, 0.717) is 31.5 Å². The van der Waals surface area contributed by atoms with Gasteiger partial charge in [0.1, 0.15) is 5.78 Å². The minimum Gasteiger partial charge on any atom is -0.364 e. The second-order valence-corrected chi connectivity index (χ2v) is 4.07. The molecule has 0 aliphatic carbocycles. The summed E-state index contributed by atoms with van der Waals surface area (Å²) in [7, 11) is 0. The first-order chi connectivity index (χ1) is 8.25. The van der Waals surface area contributed by atoms with Crippen LogP contribution in [0.4, 0.5) is 0 Å².